The molecule has 0 bridgehead atoms. The standard InChI is InChI=1S/C37H49N3O2/c1-2-3-4-5-6-7-8-9-10-11-12-22-29-35(41-30-32-23-16-13-17-24-32)37(42-31-33-25-18-14-19-26-33)36(39-40-38)34-27-20-15-21-28-34/h12-28,35-37H,2-11,29-31H2,1H3/b22-12-/t35-,36+,37-/m1/s1. The number of nitrogens with zero attached hydrogens (tertiary/aromatic N) is 3. The minimum Gasteiger partial charge on any atom is -0.370 e. The van der Waals surface area contributed by atoms with Gasteiger partial charge in [-0.05, 0) is 41.5 Å². The van der Waals surface area contributed by atoms with Gasteiger partial charge in [0.25, 0.3) is 0 Å². The number of hydrogen-bond donors (Lipinski definition) is 0. The molecule has 5 heteroatoms. The molecule has 0 saturated carbocycles. The number of ether oxygens (including phenoxy) is 2. The average Bonchev–Trinajstić information content (AvgIpc) is 3.04. The minimum absolute atomic E-state index is 0.302. The van der Waals surface area contributed by atoms with Gasteiger partial charge in [-0.1, -0.05) is 167 Å². The first-order valence-electron chi connectivity index (χ1n) is 15.9. The molecule has 3 rings (SSSR count). The molecule has 3 aromatic rings. The molecule has 0 N–H and O–H groups in total. The van der Waals surface area contributed by atoms with Crippen LogP contribution >= 0.6 is 0 Å². The summed E-state index contributed by atoms with van der Waals surface area (Å²) in [6, 6.07) is 29.7. The third-order valence-electron chi connectivity index (χ3n) is 7.60. The topological polar surface area (TPSA) is 67.2 Å². The van der Waals surface area contributed by atoms with Crippen molar-refractivity contribution in [3.8, 4) is 0 Å². The van der Waals surface area contributed by atoms with Crippen LogP contribution in [0.5, 0.6) is 0 Å². The zero-order valence-corrected chi connectivity index (χ0v) is 25.4. The second-order valence-electron chi connectivity index (χ2n) is 11.0. The van der Waals surface area contributed by atoms with Crippen LogP contribution in [0, 0.1) is 0 Å². The normalized spacial score (nSPS) is 13.5. The lowest BCUT2D eigenvalue weighted by atomic mass is 9.95. The maximum Gasteiger partial charge on any atom is 0.0969 e. The van der Waals surface area contributed by atoms with Crippen molar-refractivity contribution in [3.63, 3.8) is 0 Å². The van der Waals surface area contributed by atoms with E-state index in [1.54, 1.807) is 0 Å². The van der Waals surface area contributed by atoms with E-state index in [9.17, 15) is 5.53 Å². The van der Waals surface area contributed by atoms with Gasteiger partial charge in [-0.15, -0.1) is 0 Å². The van der Waals surface area contributed by atoms with E-state index in [-0.39, 0.29) is 6.10 Å². The van der Waals surface area contributed by atoms with Crippen LogP contribution in [0.3, 0.4) is 0 Å². The van der Waals surface area contributed by atoms with Crippen LogP contribution < -0.4 is 0 Å². The van der Waals surface area contributed by atoms with Crippen LogP contribution in [0.15, 0.2) is 108 Å². The zero-order chi connectivity index (χ0) is 29.5. The van der Waals surface area contributed by atoms with Crippen LogP contribution in [0.25, 0.3) is 10.4 Å². The Labute approximate surface area is 253 Å². The van der Waals surface area contributed by atoms with E-state index in [1.165, 1.54) is 57.8 Å². The predicted octanol–water partition coefficient (Wildman–Crippen LogP) is 11.1. The van der Waals surface area contributed by atoms with E-state index in [4.69, 9.17) is 9.47 Å². The van der Waals surface area contributed by atoms with E-state index in [0.717, 1.165) is 23.1 Å². The van der Waals surface area contributed by atoms with Crippen molar-refractivity contribution in [1.29, 1.82) is 0 Å². The van der Waals surface area contributed by atoms with Crippen LogP contribution in [0.4, 0.5) is 0 Å². The van der Waals surface area contributed by atoms with Crippen molar-refractivity contribution < 1.29 is 9.47 Å². The minimum atomic E-state index is -0.522. The number of unbranched alkanes of at least 4 members (excludes halogenated alkanes) is 9. The molecular weight excluding hydrogens is 518 g/mol. The number of benzene rings is 3. The smallest absolute Gasteiger partial charge is 0.0969 e. The molecular formula is C37H49N3O2. The summed E-state index contributed by atoms with van der Waals surface area (Å²) < 4.78 is 13.1. The first-order chi connectivity index (χ1) is 20.8. The Morgan fingerprint density at radius 2 is 1.19 bits per heavy atom. The molecule has 42 heavy (non-hydrogen) atoms. The summed E-state index contributed by atoms with van der Waals surface area (Å²) in [7, 11) is 0. The van der Waals surface area contributed by atoms with E-state index in [2.05, 4.69) is 41.2 Å². The van der Waals surface area contributed by atoms with Gasteiger partial charge in [-0.3, -0.25) is 0 Å². The van der Waals surface area contributed by atoms with Gasteiger partial charge in [0, 0.05) is 4.91 Å². The fourth-order valence-corrected chi connectivity index (χ4v) is 5.19. The third-order valence-corrected chi connectivity index (χ3v) is 7.60. The molecule has 224 valence electrons. The van der Waals surface area contributed by atoms with E-state index < -0.39 is 12.1 Å². The third kappa shape index (κ3) is 13.1. The number of azide groups is 1. The molecule has 0 aromatic heterocycles. The Morgan fingerprint density at radius 3 is 1.76 bits per heavy atom. The summed E-state index contributed by atoms with van der Waals surface area (Å²) in [6.45, 7) is 3.13. The highest BCUT2D eigenvalue weighted by atomic mass is 16.5. The summed E-state index contributed by atoms with van der Waals surface area (Å²) in [5.74, 6) is 0. The van der Waals surface area contributed by atoms with Gasteiger partial charge in [0.2, 0.25) is 0 Å². The first-order valence-corrected chi connectivity index (χ1v) is 15.9. The molecule has 3 aromatic carbocycles. The van der Waals surface area contributed by atoms with E-state index in [1.807, 2.05) is 78.9 Å². The van der Waals surface area contributed by atoms with Crippen LogP contribution in [0.1, 0.15) is 100 Å². The predicted molar refractivity (Wildman–Crippen MR) is 174 cm³/mol. The van der Waals surface area contributed by atoms with Crippen molar-refractivity contribution in [2.24, 2.45) is 5.11 Å². The van der Waals surface area contributed by atoms with Crippen molar-refractivity contribution in [2.75, 3.05) is 0 Å². The lowest BCUT2D eigenvalue weighted by Crippen LogP contribution is -2.36. The average molecular weight is 568 g/mol. The molecule has 0 radical (unpaired) electrons. The molecule has 0 aliphatic rings. The van der Waals surface area contributed by atoms with Crippen molar-refractivity contribution >= 4 is 0 Å². The second-order valence-corrected chi connectivity index (χ2v) is 11.0. The van der Waals surface area contributed by atoms with Crippen molar-refractivity contribution in [1.82, 2.24) is 0 Å². The van der Waals surface area contributed by atoms with Crippen LogP contribution in [-0.4, -0.2) is 12.2 Å². The lowest BCUT2D eigenvalue weighted by Gasteiger charge is -2.31. The van der Waals surface area contributed by atoms with Crippen molar-refractivity contribution in [3.05, 3.63) is 130 Å². The Bertz CT molecular complexity index is 1150. The Morgan fingerprint density at radius 1 is 0.667 bits per heavy atom. The number of hydrogen-bond acceptors (Lipinski definition) is 3. The maximum atomic E-state index is 9.56. The lowest BCUT2D eigenvalue weighted by molar-refractivity contribution is -0.0945. The van der Waals surface area contributed by atoms with Gasteiger partial charge in [0.1, 0.15) is 0 Å². The fourth-order valence-electron chi connectivity index (χ4n) is 5.19. The van der Waals surface area contributed by atoms with E-state index >= 15 is 0 Å². The molecule has 3 atom stereocenters. The van der Waals surface area contributed by atoms with E-state index in [0.29, 0.717) is 19.6 Å². The molecule has 0 fully saturated rings. The molecule has 0 unspecified atom stereocenters. The zero-order valence-electron chi connectivity index (χ0n) is 25.4. The van der Waals surface area contributed by atoms with Gasteiger partial charge in [0.15, 0.2) is 0 Å². The Kier molecular flexibility index (Phi) is 16.8. The maximum absolute atomic E-state index is 9.56. The fraction of sp³-hybridized carbons (Fsp3) is 0.459. The van der Waals surface area contributed by atoms with Gasteiger partial charge < -0.3 is 9.47 Å². The quantitative estimate of drug-likeness (QED) is 0.0398. The number of rotatable bonds is 22. The van der Waals surface area contributed by atoms with Gasteiger partial charge in [0.05, 0.1) is 31.5 Å². The van der Waals surface area contributed by atoms with Gasteiger partial charge >= 0.3 is 0 Å². The van der Waals surface area contributed by atoms with Gasteiger partial charge in [-0.2, -0.15) is 0 Å². The highest BCUT2D eigenvalue weighted by Crippen LogP contribution is 2.30. The van der Waals surface area contributed by atoms with Crippen LogP contribution in [-0.2, 0) is 22.7 Å². The monoisotopic (exact) mass is 567 g/mol. The highest BCUT2D eigenvalue weighted by Gasteiger charge is 2.31. The molecule has 0 aliphatic carbocycles. The van der Waals surface area contributed by atoms with Crippen molar-refractivity contribution in [2.45, 2.75) is 109 Å². The molecule has 0 amide bonds. The molecule has 0 spiro atoms. The second kappa shape index (κ2) is 21.4. The summed E-state index contributed by atoms with van der Waals surface area (Å²) >= 11 is 0. The molecule has 0 heterocycles. The van der Waals surface area contributed by atoms with Gasteiger partial charge in [-0.25, -0.2) is 0 Å². The largest absolute Gasteiger partial charge is 0.370 e. The number of allylic oxidation sites excluding steroid dienone is 1. The van der Waals surface area contributed by atoms with Crippen LogP contribution in [0.2, 0.25) is 0 Å². The summed E-state index contributed by atoms with van der Waals surface area (Å²) in [4.78, 5) is 3.23. The summed E-state index contributed by atoms with van der Waals surface area (Å²) in [6.07, 6.45) is 17.4. The molecule has 5 nitrogen and oxygen atoms in total. The summed E-state index contributed by atoms with van der Waals surface area (Å²) in [5.41, 5.74) is 12.6. The highest BCUT2D eigenvalue weighted by molar-refractivity contribution is 5.22. The molecule has 0 saturated heterocycles. The Hall–Kier alpha value is -3.37. The summed E-state index contributed by atoms with van der Waals surface area (Å²) in [5, 5.41) is 4.24. The SMILES string of the molecule is CCCCCCCCCCC/C=C\C[C@@H](OCc1ccccc1)[C@@H](OCc1ccccc1)[C@@H](N=[N+]=[N-])c1ccccc1. The Balaban J connectivity index is 1.68. The first kappa shape index (κ1) is 33.1. The molecule has 0 aliphatic heterocycles.